The van der Waals surface area contributed by atoms with Crippen LogP contribution in [0, 0.1) is 0 Å². The van der Waals surface area contributed by atoms with Crippen LogP contribution in [-0.2, 0) is 0 Å². The van der Waals surface area contributed by atoms with Crippen molar-refractivity contribution in [2.24, 2.45) is 5.10 Å². The fraction of sp³-hybridized carbons (Fsp3) is 0.167. The van der Waals surface area contributed by atoms with Crippen molar-refractivity contribution in [3.8, 4) is 0 Å². The van der Waals surface area contributed by atoms with Gasteiger partial charge in [0, 0.05) is 7.05 Å². The monoisotopic (exact) mass is 124 g/mol. The lowest BCUT2D eigenvalue weighted by atomic mass is 10.5. The second-order valence-corrected chi connectivity index (χ2v) is 1.50. The zero-order valence-corrected chi connectivity index (χ0v) is 5.16. The Morgan fingerprint density at radius 2 is 2.67 bits per heavy atom. The molecule has 0 spiro atoms. The summed E-state index contributed by atoms with van der Waals surface area (Å²) >= 11 is 0. The van der Waals surface area contributed by atoms with E-state index in [1.165, 1.54) is 0 Å². The number of hydrazone groups is 1. The predicted molar refractivity (Wildman–Crippen MR) is 35.4 cm³/mol. The van der Waals surface area contributed by atoms with Crippen molar-refractivity contribution in [1.29, 1.82) is 0 Å². The third kappa shape index (κ3) is 1.60. The van der Waals surface area contributed by atoms with Crippen LogP contribution >= 0.6 is 0 Å². The molecule has 3 nitrogen and oxygen atoms in total. The van der Waals surface area contributed by atoms with Gasteiger partial charge in [-0.1, -0.05) is 0 Å². The molecule has 1 heterocycles. The lowest BCUT2D eigenvalue weighted by Crippen LogP contribution is -1.93. The van der Waals surface area contributed by atoms with Crippen molar-refractivity contribution in [2.75, 3.05) is 7.05 Å². The van der Waals surface area contributed by atoms with Gasteiger partial charge in [-0.15, -0.1) is 0 Å². The number of nitrogens with one attached hydrogen (secondary N) is 1. The van der Waals surface area contributed by atoms with Crippen LogP contribution in [0.5, 0.6) is 0 Å². The number of rotatable bonds is 2. The molecule has 0 aliphatic rings. The Morgan fingerprint density at radius 1 is 1.78 bits per heavy atom. The normalized spacial score (nSPS) is 10.3. The van der Waals surface area contributed by atoms with Gasteiger partial charge in [-0.3, -0.25) is 0 Å². The van der Waals surface area contributed by atoms with E-state index in [1.807, 2.05) is 12.1 Å². The van der Waals surface area contributed by atoms with Gasteiger partial charge < -0.3 is 9.84 Å². The molecule has 1 rings (SSSR count). The molecule has 48 valence electrons. The number of hydrogen-bond acceptors (Lipinski definition) is 3. The van der Waals surface area contributed by atoms with Crippen LogP contribution in [0.2, 0.25) is 0 Å². The number of furan rings is 1. The molecule has 1 aromatic heterocycles. The summed E-state index contributed by atoms with van der Waals surface area (Å²) in [4.78, 5) is 0. The summed E-state index contributed by atoms with van der Waals surface area (Å²) in [5, 5.41) is 3.75. The molecule has 0 bridgehead atoms. The Morgan fingerprint density at radius 3 is 3.22 bits per heavy atom. The first-order valence-electron chi connectivity index (χ1n) is 2.67. The van der Waals surface area contributed by atoms with Crippen molar-refractivity contribution in [3.05, 3.63) is 24.2 Å². The van der Waals surface area contributed by atoms with Gasteiger partial charge in [-0.2, -0.15) is 5.10 Å². The van der Waals surface area contributed by atoms with E-state index in [0.717, 1.165) is 5.76 Å². The lowest BCUT2D eigenvalue weighted by Gasteiger charge is -1.82. The maximum atomic E-state index is 4.95. The van der Waals surface area contributed by atoms with E-state index in [4.69, 9.17) is 4.42 Å². The summed E-state index contributed by atoms with van der Waals surface area (Å²) < 4.78 is 4.95. The molecule has 0 radical (unpaired) electrons. The molecule has 0 aliphatic carbocycles. The Kier molecular flexibility index (Phi) is 1.90. The van der Waals surface area contributed by atoms with E-state index in [1.54, 1.807) is 19.5 Å². The molecule has 9 heavy (non-hydrogen) atoms. The maximum Gasteiger partial charge on any atom is 0.146 e. The van der Waals surface area contributed by atoms with E-state index >= 15 is 0 Å². The largest absolute Gasteiger partial charge is 0.463 e. The molecule has 1 aromatic rings. The van der Waals surface area contributed by atoms with E-state index in [-0.39, 0.29) is 0 Å². The molecule has 1 N–H and O–H groups in total. The van der Waals surface area contributed by atoms with Gasteiger partial charge in [0.2, 0.25) is 0 Å². The molecule has 0 amide bonds. The van der Waals surface area contributed by atoms with Gasteiger partial charge in [0.1, 0.15) is 5.76 Å². The van der Waals surface area contributed by atoms with E-state index in [9.17, 15) is 0 Å². The van der Waals surface area contributed by atoms with Gasteiger partial charge in [0.15, 0.2) is 0 Å². The highest BCUT2D eigenvalue weighted by molar-refractivity contribution is 5.75. The summed E-state index contributed by atoms with van der Waals surface area (Å²) in [6.45, 7) is 0. The Hall–Kier alpha value is -1.25. The first-order valence-corrected chi connectivity index (χ1v) is 2.67. The topological polar surface area (TPSA) is 37.5 Å². The molecular weight excluding hydrogens is 116 g/mol. The van der Waals surface area contributed by atoms with Crippen LogP contribution in [0.3, 0.4) is 0 Å². The van der Waals surface area contributed by atoms with Gasteiger partial charge >= 0.3 is 0 Å². The second-order valence-electron chi connectivity index (χ2n) is 1.50. The van der Waals surface area contributed by atoms with Gasteiger partial charge in [0.25, 0.3) is 0 Å². The fourth-order valence-corrected chi connectivity index (χ4v) is 0.493. The lowest BCUT2D eigenvalue weighted by molar-refractivity contribution is 0.559. The molecule has 0 atom stereocenters. The van der Waals surface area contributed by atoms with Gasteiger partial charge in [-0.25, -0.2) is 0 Å². The molecule has 3 heteroatoms. The third-order valence-electron chi connectivity index (χ3n) is 0.864. The smallest absolute Gasteiger partial charge is 0.146 e. The van der Waals surface area contributed by atoms with Crippen molar-refractivity contribution >= 4 is 6.21 Å². The summed E-state index contributed by atoms with van der Waals surface area (Å²) in [5.41, 5.74) is 2.62. The number of nitrogens with zero attached hydrogens (tertiary/aromatic N) is 1. The number of hydrogen-bond donors (Lipinski definition) is 1. The molecule has 0 unspecified atom stereocenters. The highest BCUT2D eigenvalue weighted by atomic mass is 16.3. The standard InChI is InChI=1S/C6H8N2O/c1-7-8-5-6-3-2-4-9-6/h2-5,7H,1H3/b8-5+. The van der Waals surface area contributed by atoms with Crippen LogP contribution in [-0.4, -0.2) is 13.3 Å². The summed E-state index contributed by atoms with van der Waals surface area (Å²) in [7, 11) is 1.74. The molecule has 0 saturated heterocycles. The van der Waals surface area contributed by atoms with Crippen molar-refractivity contribution in [2.45, 2.75) is 0 Å². The minimum atomic E-state index is 0.754. The summed E-state index contributed by atoms with van der Waals surface area (Å²) in [6.07, 6.45) is 3.22. The summed E-state index contributed by atoms with van der Waals surface area (Å²) in [5.74, 6) is 0.754. The molecule has 0 saturated carbocycles. The van der Waals surface area contributed by atoms with Crippen molar-refractivity contribution < 1.29 is 4.42 Å². The van der Waals surface area contributed by atoms with Crippen LogP contribution < -0.4 is 5.43 Å². The SMILES string of the molecule is CN/N=C/c1ccco1. The average molecular weight is 124 g/mol. The third-order valence-corrected chi connectivity index (χ3v) is 0.864. The van der Waals surface area contributed by atoms with Gasteiger partial charge in [-0.05, 0) is 12.1 Å². The fourth-order valence-electron chi connectivity index (χ4n) is 0.493. The van der Waals surface area contributed by atoms with Crippen molar-refractivity contribution in [3.63, 3.8) is 0 Å². The zero-order valence-electron chi connectivity index (χ0n) is 5.16. The highest BCUT2D eigenvalue weighted by Gasteiger charge is 1.84. The van der Waals surface area contributed by atoms with Crippen LogP contribution in [0.4, 0.5) is 0 Å². The molecular formula is C6H8N2O. The van der Waals surface area contributed by atoms with Crippen molar-refractivity contribution in [1.82, 2.24) is 5.43 Å². The Labute approximate surface area is 53.4 Å². The Bertz CT molecular complexity index is 179. The average Bonchev–Trinajstić information content (AvgIpc) is 2.34. The first kappa shape index (κ1) is 5.88. The van der Waals surface area contributed by atoms with E-state index < -0.39 is 0 Å². The van der Waals surface area contributed by atoms with Crippen LogP contribution in [0.25, 0.3) is 0 Å². The second kappa shape index (κ2) is 2.91. The quantitative estimate of drug-likeness (QED) is 0.468. The van der Waals surface area contributed by atoms with E-state index in [0.29, 0.717) is 0 Å². The van der Waals surface area contributed by atoms with Crippen LogP contribution in [0.1, 0.15) is 5.76 Å². The minimum Gasteiger partial charge on any atom is -0.463 e. The molecule has 0 fully saturated rings. The first-order chi connectivity index (χ1) is 4.43. The highest BCUT2D eigenvalue weighted by Crippen LogP contribution is 1.93. The minimum absolute atomic E-state index is 0.754. The van der Waals surface area contributed by atoms with Crippen LogP contribution in [0.15, 0.2) is 27.9 Å². The molecule has 0 aromatic carbocycles. The Balaban J connectivity index is 2.57. The van der Waals surface area contributed by atoms with E-state index in [2.05, 4.69) is 10.5 Å². The maximum absolute atomic E-state index is 4.95. The predicted octanol–water partition coefficient (Wildman–Crippen LogP) is 0.833. The molecule has 0 aliphatic heterocycles. The van der Waals surface area contributed by atoms with Gasteiger partial charge in [0.05, 0.1) is 12.5 Å². The summed E-state index contributed by atoms with van der Waals surface area (Å²) in [6, 6.07) is 3.65. The zero-order chi connectivity index (χ0) is 6.53.